The van der Waals surface area contributed by atoms with Crippen molar-refractivity contribution in [3.05, 3.63) is 89.2 Å². The number of hydrogen-bond donors (Lipinski definition) is 0. The first-order valence-electron chi connectivity index (χ1n) is 11.3. The molecule has 34 heavy (non-hydrogen) atoms. The highest BCUT2D eigenvalue weighted by molar-refractivity contribution is 6.30. The van der Waals surface area contributed by atoms with Crippen LogP contribution in [-0.4, -0.2) is 46.7 Å². The Morgan fingerprint density at radius 2 is 1.68 bits per heavy atom. The first-order chi connectivity index (χ1) is 16.5. The van der Waals surface area contributed by atoms with Crippen LogP contribution in [0.5, 0.6) is 0 Å². The third-order valence-corrected chi connectivity index (χ3v) is 6.56. The fourth-order valence-electron chi connectivity index (χ4n) is 4.51. The Kier molecular flexibility index (Phi) is 6.16. The fraction of sp³-hybridized carbons (Fsp3) is 0.222. The molecule has 0 spiro atoms. The van der Waals surface area contributed by atoms with E-state index in [-0.39, 0.29) is 17.8 Å². The van der Waals surface area contributed by atoms with E-state index in [0.717, 1.165) is 33.4 Å². The highest BCUT2D eigenvalue weighted by Crippen LogP contribution is 2.33. The number of nitrogens with zero attached hydrogens (tertiary/aromatic N) is 4. The van der Waals surface area contributed by atoms with Crippen molar-refractivity contribution in [2.75, 3.05) is 24.5 Å². The third kappa shape index (κ3) is 4.46. The van der Waals surface area contributed by atoms with Crippen molar-refractivity contribution in [2.45, 2.75) is 19.4 Å². The minimum Gasteiger partial charge on any atom is -0.348 e. The molecule has 7 heteroatoms. The van der Waals surface area contributed by atoms with E-state index < -0.39 is 0 Å². The lowest BCUT2D eigenvalue weighted by Gasteiger charge is -2.40. The van der Waals surface area contributed by atoms with Gasteiger partial charge in [-0.1, -0.05) is 48.0 Å². The first-order valence-corrected chi connectivity index (χ1v) is 11.7. The van der Waals surface area contributed by atoms with Gasteiger partial charge < -0.3 is 9.80 Å². The van der Waals surface area contributed by atoms with Crippen LogP contribution in [0.2, 0.25) is 5.02 Å². The second-order valence-electron chi connectivity index (χ2n) is 8.61. The number of piperazine rings is 1. The summed E-state index contributed by atoms with van der Waals surface area (Å²) >= 11 is 5.96. The summed E-state index contributed by atoms with van der Waals surface area (Å²) < 4.78 is 13.4. The van der Waals surface area contributed by atoms with E-state index in [4.69, 9.17) is 11.6 Å². The van der Waals surface area contributed by atoms with Crippen LogP contribution < -0.4 is 4.90 Å². The van der Waals surface area contributed by atoms with Gasteiger partial charge in [-0.25, -0.2) is 4.39 Å². The lowest BCUT2D eigenvalue weighted by atomic mass is 10.0. The molecule has 1 amide bonds. The molecule has 4 aromatic rings. The zero-order chi connectivity index (χ0) is 23.7. The molecule has 0 saturated carbocycles. The number of aromatic nitrogens is 2. The molecule has 5 nitrogen and oxygen atoms in total. The average Bonchev–Trinajstić information content (AvgIpc) is 2.85. The zero-order valence-corrected chi connectivity index (χ0v) is 19.5. The van der Waals surface area contributed by atoms with E-state index in [1.165, 1.54) is 12.1 Å². The number of fused-ring (bicyclic) bond motifs is 1. The number of benzene rings is 3. The Hall–Kier alpha value is -3.51. The summed E-state index contributed by atoms with van der Waals surface area (Å²) in [6.45, 7) is 4.00. The van der Waals surface area contributed by atoms with Gasteiger partial charge in [0.2, 0.25) is 5.91 Å². The lowest BCUT2D eigenvalue weighted by Crippen LogP contribution is -2.54. The van der Waals surface area contributed by atoms with Crippen molar-refractivity contribution in [1.82, 2.24) is 15.1 Å². The molecule has 172 valence electrons. The fourth-order valence-corrected chi connectivity index (χ4v) is 4.64. The van der Waals surface area contributed by atoms with Crippen LogP contribution in [0.25, 0.3) is 22.0 Å². The first kappa shape index (κ1) is 22.3. The van der Waals surface area contributed by atoms with Crippen LogP contribution in [0.1, 0.15) is 12.5 Å². The number of anilines is 1. The molecule has 1 saturated heterocycles. The molecule has 1 aromatic heterocycles. The summed E-state index contributed by atoms with van der Waals surface area (Å²) in [5, 5.41) is 11.7. The summed E-state index contributed by atoms with van der Waals surface area (Å²) in [6.07, 6.45) is 0.360. The van der Waals surface area contributed by atoms with Crippen LogP contribution in [0.3, 0.4) is 0 Å². The van der Waals surface area contributed by atoms with Crippen molar-refractivity contribution in [1.29, 1.82) is 0 Å². The topological polar surface area (TPSA) is 49.3 Å². The summed E-state index contributed by atoms with van der Waals surface area (Å²) in [5.41, 5.74) is 2.50. The van der Waals surface area contributed by atoms with Crippen LogP contribution in [0.15, 0.2) is 72.8 Å². The predicted octanol–water partition coefficient (Wildman–Crippen LogP) is 5.37. The maximum absolute atomic E-state index is 13.4. The normalized spacial score (nSPS) is 16.1. The number of amides is 1. The van der Waals surface area contributed by atoms with Gasteiger partial charge in [-0.3, -0.25) is 4.79 Å². The molecule has 1 fully saturated rings. The van der Waals surface area contributed by atoms with Crippen LogP contribution in [0.4, 0.5) is 10.2 Å². The Morgan fingerprint density at radius 3 is 2.38 bits per heavy atom. The van der Waals surface area contributed by atoms with Gasteiger partial charge in [0, 0.05) is 47.0 Å². The standard InChI is InChI=1S/C27H24ClFN4O/c1-18-17-32(25(34)16-19-6-10-21(28)11-7-19)14-15-33(18)27-24-5-3-2-4-23(24)26(30-31-27)20-8-12-22(29)13-9-20/h2-13,18H,14-17H2,1H3/t18-/m0/s1. The Labute approximate surface area is 202 Å². The molecule has 0 bridgehead atoms. The van der Waals surface area contributed by atoms with Crippen molar-refractivity contribution in [2.24, 2.45) is 0 Å². The monoisotopic (exact) mass is 474 g/mol. The largest absolute Gasteiger partial charge is 0.348 e. The molecular formula is C27H24ClFN4O. The molecule has 2 heterocycles. The van der Waals surface area contributed by atoms with E-state index in [9.17, 15) is 9.18 Å². The summed E-state index contributed by atoms with van der Waals surface area (Å²) in [6, 6.07) is 21.8. The Balaban J connectivity index is 1.37. The number of carbonyl (C=O) groups excluding carboxylic acids is 1. The lowest BCUT2D eigenvalue weighted by molar-refractivity contribution is -0.131. The predicted molar refractivity (Wildman–Crippen MR) is 133 cm³/mol. The number of hydrogen-bond acceptors (Lipinski definition) is 4. The molecule has 0 unspecified atom stereocenters. The number of carbonyl (C=O) groups is 1. The van der Waals surface area contributed by atoms with Crippen LogP contribution in [-0.2, 0) is 11.2 Å². The van der Waals surface area contributed by atoms with Crippen molar-refractivity contribution in [3.63, 3.8) is 0 Å². The van der Waals surface area contributed by atoms with Crippen molar-refractivity contribution >= 4 is 34.1 Å². The van der Waals surface area contributed by atoms with Gasteiger partial charge >= 0.3 is 0 Å². The minimum atomic E-state index is -0.282. The summed E-state index contributed by atoms with van der Waals surface area (Å²) in [5.74, 6) is 0.630. The van der Waals surface area contributed by atoms with Gasteiger partial charge in [-0.05, 0) is 48.9 Å². The Morgan fingerprint density at radius 1 is 0.971 bits per heavy atom. The van der Waals surface area contributed by atoms with Crippen molar-refractivity contribution in [3.8, 4) is 11.3 Å². The van der Waals surface area contributed by atoms with E-state index in [0.29, 0.717) is 31.1 Å². The highest BCUT2D eigenvalue weighted by atomic mass is 35.5. The third-order valence-electron chi connectivity index (χ3n) is 6.31. The minimum absolute atomic E-state index is 0.0808. The van der Waals surface area contributed by atoms with E-state index >= 15 is 0 Å². The molecular weight excluding hydrogens is 451 g/mol. The smallest absolute Gasteiger partial charge is 0.227 e. The summed E-state index contributed by atoms with van der Waals surface area (Å²) in [7, 11) is 0. The molecule has 0 N–H and O–H groups in total. The summed E-state index contributed by atoms with van der Waals surface area (Å²) in [4.78, 5) is 17.0. The molecule has 1 aliphatic rings. The van der Waals surface area contributed by atoms with Gasteiger partial charge in [0.25, 0.3) is 0 Å². The molecule has 3 aromatic carbocycles. The van der Waals surface area contributed by atoms with Crippen LogP contribution >= 0.6 is 11.6 Å². The molecule has 0 aliphatic carbocycles. The van der Waals surface area contributed by atoms with Gasteiger partial charge in [0.1, 0.15) is 11.5 Å². The van der Waals surface area contributed by atoms with E-state index in [1.54, 1.807) is 12.1 Å². The van der Waals surface area contributed by atoms with Crippen molar-refractivity contribution < 1.29 is 9.18 Å². The second-order valence-corrected chi connectivity index (χ2v) is 9.05. The van der Waals surface area contributed by atoms with Crippen LogP contribution in [0, 0.1) is 5.82 Å². The maximum atomic E-state index is 13.4. The highest BCUT2D eigenvalue weighted by Gasteiger charge is 2.29. The van der Waals surface area contributed by atoms with Gasteiger partial charge in [0.05, 0.1) is 6.42 Å². The molecule has 5 rings (SSSR count). The van der Waals surface area contributed by atoms with E-state index in [2.05, 4.69) is 22.0 Å². The molecule has 0 radical (unpaired) electrons. The average molecular weight is 475 g/mol. The second kappa shape index (κ2) is 9.39. The van der Waals surface area contributed by atoms with E-state index in [1.807, 2.05) is 53.4 Å². The zero-order valence-electron chi connectivity index (χ0n) is 18.8. The number of rotatable bonds is 4. The maximum Gasteiger partial charge on any atom is 0.227 e. The SMILES string of the molecule is C[C@H]1CN(C(=O)Cc2ccc(Cl)cc2)CCN1c1nnc(-c2ccc(F)cc2)c2ccccc12. The molecule has 1 atom stereocenters. The van der Waals surface area contributed by atoms with Gasteiger partial charge in [0.15, 0.2) is 5.82 Å². The number of halogens is 2. The Bertz CT molecular complexity index is 1330. The quantitative estimate of drug-likeness (QED) is 0.399. The molecule has 1 aliphatic heterocycles. The van der Waals surface area contributed by atoms with Gasteiger partial charge in [-0.15, -0.1) is 10.2 Å². The van der Waals surface area contributed by atoms with Gasteiger partial charge in [-0.2, -0.15) is 0 Å².